The van der Waals surface area contributed by atoms with Gasteiger partial charge in [-0.05, 0) is 44.2 Å². The number of unbranched alkanes of at least 4 members (excludes halogenated alkanes) is 1. The number of carboxylic acids is 1. The summed E-state index contributed by atoms with van der Waals surface area (Å²) in [4.78, 5) is 12.5. The van der Waals surface area contributed by atoms with Crippen LogP contribution in [0, 0.1) is 0 Å². The van der Waals surface area contributed by atoms with Gasteiger partial charge in [0.1, 0.15) is 5.54 Å². The van der Waals surface area contributed by atoms with Gasteiger partial charge in [0, 0.05) is 4.90 Å². The summed E-state index contributed by atoms with van der Waals surface area (Å²) >= 11 is 1.82. The monoisotopic (exact) mass is 281 g/mol. The van der Waals surface area contributed by atoms with Gasteiger partial charge in [0.15, 0.2) is 0 Å². The van der Waals surface area contributed by atoms with Crippen molar-refractivity contribution in [1.29, 1.82) is 0 Å². The van der Waals surface area contributed by atoms with Crippen molar-refractivity contribution in [1.82, 2.24) is 5.32 Å². The zero-order chi connectivity index (χ0) is 14.1. The molecule has 3 nitrogen and oxygen atoms in total. The molecule has 1 rings (SSSR count). The summed E-state index contributed by atoms with van der Waals surface area (Å²) in [5.41, 5.74) is -0.786. The number of hydrogen-bond donors (Lipinski definition) is 2. The van der Waals surface area contributed by atoms with E-state index in [0.29, 0.717) is 13.0 Å². The van der Waals surface area contributed by atoms with Crippen molar-refractivity contribution in [3.05, 3.63) is 30.3 Å². The average molecular weight is 281 g/mol. The first-order chi connectivity index (χ1) is 9.08. The highest BCUT2D eigenvalue weighted by Gasteiger charge is 2.30. The summed E-state index contributed by atoms with van der Waals surface area (Å²) in [6, 6.07) is 10.3. The minimum absolute atomic E-state index is 0.672. The second kappa shape index (κ2) is 8.23. The molecule has 106 valence electrons. The number of benzene rings is 1. The number of carboxylic acid groups (broad SMARTS) is 1. The Bertz CT molecular complexity index is 383. The normalized spacial score (nSPS) is 14.0. The topological polar surface area (TPSA) is 49.3 Å². The molecule has 0 aliphatic rings. The Morgan fingerprint density at radius 3 is 2.58 bits per heavy atom. The maximum absolute atomic E-state index is 11.2. The third-order valence-corrected chi connectivity index (χ3v) is 4.22. The maximum Gasteiger partial charge on any atom is 0.323 e. The minimum atomic E-state index is -0.786. The number of aliphatic carboxylic acids is 1. The van der Waals surface area contributed by atoms with Crippen LogP contribution in [0.4, 0.5) is 0 Å². The highest BCUT2D eigenvalue weighted by Crippen LogP contribution is 2.20. The van der Waals surface area contributed by atoms with Gasteiger partial charge in [0.2, 0.25) is 0 Å². The predicted molar refractivity (Wildman–Crippen MR) is 80.7 cm³/mol. The molecule has 0 saturated carbocycles. The lowest BCUT2D eigenvalue weighted by atomic mass is 9.95. The van der Waals surface area contributed by atoms with E-state index < -0.39 is 11.5 Å². The summed E-state index contributed by atoms with van der Waals surface area (Å²) in [7, 11) is 0. The van der Waals surface area contributed by atoms with Gasteiger partial charge in [-0.1, -0.05) is 31.5 Å². The summed E-state index contributed by atoms with van der Waals surface area (Å²) in [6.07, 6.45) is 2.63. The number of likely N-dealkylation sites (N-methyl/N-ethyl adjacent to an activating group) is 1. The Kier molecular flexibility index (Phi) is 6.95. The first-order valence-corrected chi connectivity index (χ1v) is 7.73. The van der Waals surface area contributed by atoms with Gasteiger partial charge in [0.25, 0.3) is 0 Å². The lowest BCUT2D eigenvalue weighted by Crippen LogP contribution is -2.49. The molecule has 1 aromatic rings. The van der Waals surface area contributed by atoms with E-state index in [0.717, 1.165) is 18.6 Å². The fourth-order valence-corrected chi connectivity index (χ4v) is 2.88. The highest BCUT2D eigenvalue weighted by molar-refractivity contribution is 7.99. The Morgan fingerprint density at radius 2 is 2.00 bits per heavy atom. The number of nitrogens with one attached hydrogen (secondary N) is 1. The minimum Gasteiger partial charge on any atom is -0.480 e. The summed E-state index contributed by atoms with van der Waals surface area (Å²) in [5.74, 6) is 0.274. The van der Waals surface area contributed by atoms with Crippen molar-refractivity contribution in [3.8, 4) is 0 Å². The van der Waals surface area contributed by atoms with Crippen LogP contribution < -0.4 is 5.32 Å². The Labute approximate surface area is 119 Å². The standard InChI is InChI=1S/C15H23NO2S/c1-3-16-15(2,14(17)18)11-7-8-12-19-13-9-5-4-6-10-13/h4-6,9-10,16H,3,7-8,11-12H2,1-2H3,(H,17,18). The van der Waals surface area contributed by atoms with Crippen LogP contribution in [0.3, 0.4) is 0 Å². The van der Waals surface area contributed by atoms with Crippen molar-refractivity contribution in [2.24, 2.45) is 0 Å². The van der Waals surface area contributed by atoms with Crippen molar-refractivity contribution in [2.45, 2.75) is 43.5 Å². The SMILES string of the molecule is CCNC(C)(CCCCSc1ccccc1)C(=O)O. The largest absolute Gasteiger partial charge is 0.480 e. The number of thioether (sulfide) groups is 1. The Balaban J connectivity index is 2.24. The molecule has 19 heavy (non-hydrogen) atoms. The van der Waals surface area contributed by atoms with Crippen molar-refractivity contribution >= 4 is 17.7 Å². The Hall–Kier alpha value is -1.00. The molecule has 1 unspecified atom stereocenters. The molecule has 2 N–H and O–H groups in total. The first-order valence-electron chi connectivity index (χ1n) is 6.75. The van der Waals surface area contributed by atoms with Crippen LogP contribution in [-0.2, 0) is 4.79 Å². The van der Waals surface area contributed by atoms with Crippen LogP contribution in [0.2, 0.25) is 0 Å². The van der Waals surface area contributed by atoms with E-state index in [1.165, 1.54) is 4.90 Å². The third-order valence-electron chi connectivity index (χ3n) is 3.12. The van der Waals surface area contributed by atoms with Gasteiger partial charge in [-0.2, -0.15) is 0 Å². The lowest BCUT2D eigenvalue weighted by Gasteiger charge is -2.25. The van der Waals surface area contributed by atoms with E-state index >= 15 is 0 Å². The maximum atomic E-state index is 11.2. The van der Waals surface area contributed by atoms with Crippen LogP contribution in [0.25, 0.3) is 0 Å². The molecule has 0 bridgehead atoms. The summed E-state index contributed by atoms with van der Waals surface area (Å²) in [6.45, 7) is 4.39. The molecule has 0 saturated heterocycles. The van der Waals surface area contributed by atoms with E-state index in [2.05, 4.69) is 17.4 Å². The van der Waals surface area contributed by atoms with Crippen LogP contribution >= 0.6 is 11.8 Å². The molecule has 1 aromatic carbocycles. The van der Waals surface area contributed by atoms with E-state index in [1.54, 1.807) is 6.92 Å². The lowest BCUT2D eigenvalue weighted by molar-refractivity contribution is -0.144. The van der Waals surface area contributed by atoms with Crippen molar-refractivity contribution in [2.75, 3.05) is 12.3 Å². The molecule has 0 radical (unpaired) electrons. The van der Waals surface area contributed by atoms with Gasteiger partial charge >= 0.3 is 5.97 Å². The van der Waals surface area contributed by atoms with Crippen LogP contribution in [0.1, 0.15) is 33.1 Å². The van der Waals surface area contributed by atoms with E-state index in [1.807, 2.05) is 36.9 Å². The smallest absolute Gasteiger partial charge is 0.323 e. The highest BCUT2D eigenvalue weighted by atomic mass is 32.2. The molecule has 0 spiro atoms. The molecular formula is C15H23NO2S. The first kappa shape index (κ1) is 16.1. The summed E-state index contributed by atoms with van der Waals surface area (Å²) < 4.78 is 0. The molecule has 0 aliphatic heterocycles. The van der Waals surface area contributed by atoms with Gasteiger partial charge in [0.05, 0.1) is 0 Å². The van der Waals surface area contributed by atoms with Crippen molar-refractivity contribution < 1.29 is 9.90 Å². The molecule has 0 amide bonds. The third kappa shape index (κ3) is 5.66. The van der Waals surface area contributed by atoms with E-state index in [-0.39, 0.29) is 0 Å². The van der Waals surface area contributed by atoms with Gasteiger partial charge < -0.3 is 10.4 Å². The van der Waals surface area contributed by atoms with Gasteiger partial charge in [-0.25, -0.2) is 0 Å². The van der Waals surface area contributed by atoms with Gasteiger partial charge in [-0.3, -0.25) is 4.79 Å². The second-order valence-electron chi connectivity index (χ2n) is 4.79. The molecule has 1 atom stereocenters. The fraction of sp³-hybridized carbons (Fsp3) is 0.533. The average Bonchev–Trinajstić information content (AvgIpc) is 2.39. The molecule has 4 heteroatoms. The zero-order valence-electron chi connectivity index (χ0n) is 11.7. The molecule has 0 aliphatic carbocycles. The van der Waals surface area contributed by atoms with Crippen molar-refractivity contribution in [3.63, 3.8) is 0 Å². The second-order valence-corrected chi connectivity index (χ2v) is 5.95. The molecule has 0 heterocycles. The molecule has 0 fully saturated rings. The summed E-state index contributed by atoms with van der Waals surface area (Å²) in [5, 5.41) is 12.3. The number of rotatable bonds is 9. The zero-order valence-corrected chi connectivity index (χ0v) is 12.5. The quantitative estimate of drug-likeness (QED) is 0.538. The predicted octanol–water partition coefficient (Wildman–Crippen LogP) is 3.40. The van der Waals surface area contributed by atoms with Crippen LogP contribution in [-0.4, -0.2) is 28.9 Å². The number of hydrogen-bond acceptors (Lipinski definition) is 3. The van der Waals surface area contributed by atoms with Crippen LogP contribution in [0.5, 0.6) is 0 Å². The van der Waals surface area contributed by atoms with E-state index in [4.69, 9.17) is 0 Å². The Morgan fingerprint density at radius 1 is 1.32 bits per heavy atom. The number of carbonyl (C=O) groups is 1. The molecular weight excluding hydrogens is 258 g/mol. The fourth-order valence-electron chi connectivity index (χ4n) is 1.95. The molecule has 0 aromatic heterocycles. The van der Waals surface area contributed by atoms with Crippen LogP contribution in [0.15, 0.2) is 35.2 Å². The van der Waals surface area contributed by atoms with E-state index in [9.17, 15) is 9.90 Å². The van der Waals surface area contributed by atoms with Gasteiger partial charge in [-0.15, -0.1) is 11.8 Å².